The van der Waals surface area contributed by atoms with E-state index in [9.17, 15) is 14.4 Å². The summed E-state index contributed by atoms with van der Waals surface area (Å²) in [4.78, 5) is 42.9. The van der Waals surface area contributed by atoms with Crippen molar-refractivity contribution in [3.63, 3.8) is 0 Å². The molecule has 0 aliphatic rings. The van der Waals surface area contributed by atoms with E-state index in [-0.39, 0.29) is 18.0 Å². The fourth-order valence-corrected chi connectivity index (χ4v) is 4.17. The van der Waals surface area contributed by atoms with Gasteiger partial charge in [0.25, 0.3) is 11.5 Å². The quantitative estimate of drug-likeness (QED) is 0.455. The van der Waals surface area contributed by atoms with E-state index >= 15 is 0 Å². The Bertz CT molecular complexity index is 1160. The van der Waals surface area contributed by atoms with Gasteiger partial charge in [0.15, 0.2) is 0 Å². The number of rotatable bonds is 7. The maximum Gasteiger partial charge on any atom is 0.326 e. The number of aromatic nitrogens is 2. The van der Waals surface area contributed by atoms with Crippen LogP contribution in [-0.2, 0) is 16.1 Å². The molecule has 1 aromatic carbocycles. The van der Waals surface area contributed by atoms with Crippen LogP contribution >= 0.6 is 11.3 Å². The number of amides is 1. The van der Waals surface area contributed by atoms with E-state index in [1.54, 1.807) is 6.92 Å². The van der Waals surface area contributed by atoms with Gasteiger partial charge in [-0.3, -0.25) is 19.0 Å². The first-order chi connectivity index (χ1) is 14.3. The van der Waals surface area contributed by atoms with Gasteiger partial charge in [0.05, 0.1) is 23.2 Å². The molecule has 0 radical (unpaired) electrons. The molecule has 2 aromatic heterocycles. The number of carbonyl (C=O) groups excluding carboxylic acids is 2. The second-order valence-electron chi connectivity index (χ2n) is 7.26. The van der Waals surface area contributed by atoms with E-state index < -0.39 is 5.97 Å². The molecule has 0 unspecified atom stereocenters. The molecule has 3 aromatic rings. The van der Waals surface area contributed by atoms with Gasteiger partial charge in [-0.15, -0.1) is 11.3 Å². The summed E-state index contributed by atoms with van der Waals surface area (Å²) in [7, 11) is 0. The first-order valence-corrected chi connectivity index (χ1v) is 10.7. The molecule has 0 aliphatic carbocycles. The molecule has 0 atom stereocenters. The summed E-state index contributed by atoms with van der Waals surface area (Å²) in [5, 5.41) is 3.27. The Morgan fingerprint density at radius 3 is 2.70 bits per heavy atom. The lowest BCUT2D eigenvalue weighted by Gasteiger charge is -2.08. The Kier molecular flexibility index (Phi) is 6.66. The predicted molar refractivity (Wildman–Crippen MR) is 118 cm³/mol. The Hall–Kier alpha value is -3.00. The number of ether oxygens (including phenoxy) is 1. The minimum atomic E-state index is -0.479. The molecule has 0 saturated heterocycles. The third-order valence-corrected chi connectivity index (χ3v) is 6.01. The van der Waals surface area contributed by atoms with Gasteiger partial charge in [-0.2, -0.15) is 0 Å². The SMILES string of the molecule is CCCCOC(=O)Cn1cnc2sc(C(=O)Nc3ccc(C)cc3C)c(C)c2c1=O. The van der Waals surface area contributed by atoms with E-state index in [2.05, 4.69) is 10.3 Å². The van der Waals surface area contributed by atoms with Gasteiger partial charge in [-0.25, -0.2) is 4.98 Å². The molecule has 30 heavy (non-hydrogen) atoms. The second-order valence-corrected chi connectivity index (χ2v) is 8.26. The molecule has 0 bridgehead atoms. The van der Waals surface area contributed by atoms with Gasteiger partial charge >= 0.3 is 5.97 Å². The number of anilines is 1. The summed E-state index contributed by atoms with van der Waals surface area (Å²) in [5.41, 5.74) is 3.00. The highest BCUT2D eigenvalue weighted by Gasteiger charge is 2.20. The Labute approximate surface area is 178 Å². The largest absolute Gasteiger partial charge is 0.464 e. The van der Waals surface area contributed by atoms with Crippen molar-refractivity contribution >= 4 is 39.1 Å². The summed E-state index contributed by atoms with van der Waals surface area (Å²) < 4.78 is 6.35. The van der Waals surface area contributed by atoms with Gasteiger partial charge in [0, 0.05) is 5.69 Å². The molecule has 0 saturated carbocycles. The van der Waals surface area contributed by atoms with Crippen LogP contribution in [-0.4, -0.2) is 28.0 Å². The molecule has 0 spiro atoms. The zero-order chi connectivity index (χ0) is 21.8. The van der Waals surface area contributed by atoms with E-state index in [4.69, 9.17) is 4.74 Å². The number of aryl methyl sites for hydroxylation is 3. The van der Waals surface area contributed by atoms with Crippen molar-refractivity contribution in [3.8, 4) is 0 Å². The molecule has 1 N–H and O–H groups in total. The highest BCUT2D eigenvalue weighted by Crippen LogP contribution is 2.28. The van der Waals surface area contributed by atoms with Crippen molar-refractivity contribution in [2.45, 2.75) is 47.1 Å². The summed E-state index contributed by atoms with van der Waals surface area (Å²) >= 11 is 1.17. The fraction of sp³-hybridized carbons (Fsp3) is 0.364. The van der Waals surface area contributed by atoms with E-state index in [0.29, 0.717) is 27.3 Å². The summed E-state index contributed by atoms with van der Waals surface area (Å²) in [6.07, 6.45) is 3.02. The average molecular weight is 428 g/mol. The first-order valence-electron chi connectivity index (χ1n) is 9.84. The maximum absolute atomic E-state index is 12.9. The number of fused-ring (bicyclic) bond motifs is 1. The van der Waals surface area contributed by atoms with Gasteiger partial charge in [-0.1, -0.05) is 31.0 Å². The normalized spacial score (nSPS) is 10.9. The monoisotopic (exact) mass is 427 g/mol. The van der Waals surface area contributed by atoms with Crippen molar-refractivity contribution in [2.24, 2.45) is 0 Å². The number of unbranched alkanes of at least 4 members (excludes halogenated alkanes) is 1. The van der Waals surface area contributed by atoms with Crippen molar-refractivity contribution < 1.29 is 14.3 Å². The first kappa shape index (κ1) is 21.7. The summed E-state index contributed by atoms with van der Waals surface area (Å²) in [5.74, 6) is -0.764. The highest BCUT2D eigenvalue weighted by atomic mass is 32.1. The number of benzene rings is 1. The van der Waals surface area contributed by atoms with Crippen LogP contribution < -0.4 is 10.9 Å². The van der Waals surface area contributed by atoms with Crippen molar-refractivity contribution in [1.29, 1.82) is 0 Å². The molecule has 3 rings (SSSR count). The average Bonchev–Trinajstić information content (AvgIpc) is 3.04. The van der Waals surface area contributed by atoms with Crippen LogP contribution in [0.2, 0.25) is 0 Å². The number of esters is 1. The van der Waals surface area contributed by atoms with E-state index in [1.807, 2.05) is 39.0 Å². The number of nitrogens with one attached hydrogen (secondary N) is 1. The number of hydrogen-bond donors (Lipinski definition) is 1. The van der Waals surface area contributed by atoms with Gasteiger partial charge in [0.1, 0.15) is 11.4 Å². The lowest BCUT2D eigenvalue weighted by molar-refractivity contribution is -0.144. The summed E-state index contributed by atoms with van der Waals surface area (Å²) in [6, 6.07) is 5.79. The van der Waals surface area contributed by atoms with Gasteiger partial charge in [0.2, 0.25) is 0 Å². The summed E-state index contributed by atoms with van der Waals surface area (Å²) in [6.45, 7) is 7.78. The molecular formula is C22H25N3O4S. The van der Waals surface area contributed by atoms with Crippen LogP contribution in [0, 0.1) is 20.8 Å². The Morgan fingerprint density at radius 1 is 1.23 bits per heavy atom. The minimum absolute atomic E-state index is 0.204. The van der Waals surface area contributed by atoms with E-state index in [0.717, 1.165) is 29.7 Å². The Morgan fingerprint density at radius 2 is 2.00 bits per heavy atom. The van der Waals surface area contributed by atoms with Crippen molar-refractivity contribution in [3.05, 3.63) is 56.4 Å². The van der Waals surface area contributed by atoms with Crippen LogP contribution in [0.15, 0.2) is 29.3 Å². The Balaban J connectivity index is 1.86. The zero-order valence-electron chi connectivity index (χ0n) is 17.6. The van der Waals surface area contributed by atoms with Crippen LogP contribution in [0.5, 0.6) is 0 Å². The second kappa shape index (κ2) is 9.21. The third-order valence-electron chi connectivity index (χ3n) is 4.81. The molecule has 1 amide bonds. The molecule has 0 fully saturated rings. The highest BCUT2D eigenvalue weighted by molar-refractivity contribution is 7.20. The molecule has 0 aliphatic heterocycles. The van der Waals surface area contributed by atoms with Crippen LogP contribution in [0.25, 0.3) is 10.2 Å². The fourth-order valence-electron chi connectivity index (χ4n) is 3.14. The van der Waals surface area contributed by atoms with Crippen LogP contribution in [0.4, 0.5) is 5.69 Å². The molecule has 8 heteroatoms. The molecule has 7 nitrogen and oxygen atoms in total. The smallest absolute Gasteiger partial charge is 0.326 e. The third kappa shape index (κ3) is 4.59. The van der Waals surface area contributed by atoms with Crippen molar-refractivity contribution in [1.82, 2.24) is 9.55 Å². The minimum Gasteiger partial charge on any atom is -0.464 e. The number of carbonyl (C=O) groups is 2. The molecule has 2 heterocycles. The van der Waals surface area contributed by atoms with Gasteiger partial charge in [-0.05, 0) is 44.4 Å². The topological polar surface area (TPSA) is 90.3 Å². The zero-order valence-corrected chi connectivity index (χ0v) is 18.4. The lowest BCUT2D eigenvalue weighted by Crippen LogP contribution is -2.26. The predicted octanol–water partition coefficient (Wildman–Crippen LogP) is 3.98. The lowest BCUT2D eigenvalue weighted by atomic mass is 10.1. The molecule has 158 valence electrons. The van der Waals surface area contributed by atoms with Crippen LogP contribution in [0.3, 0.4) is 0 Å². The number of thiophene rings is 1. The van der Waals surface area contributed by atoms with Crippen LogP contribution in [0.1, 0.15) is 46.1 Å². The number of hydrogen-bond acceptors (Lipinski definition) is 6. The number of nitrogens with zero attached hydrogens (tertiary/aromatic N) is 2. The van der Waals surface area contributed by atoms with Gasteiger partial charge < -0.3 is 10.1 Å². The molecular weight excluding hydrogens is 402 g/mol. The standard InChI is InChI=1S/C22H25N3O4S/c1-5-6-9-29-17(26)11-25-12-23-21-18(22(25)28)15(4)19(30-21)20(27)24-16-8-7-13(2)10-14(16)3/h7-8,10,12H,5-6,9,11H2,1-4H3,(H,24,27). The van der Waals surface area contributed by atoms with Crippen molar-refractivity contribution in [2.75, 3.05) is 11.9 Å². The maximum atomic E-state index is 12.9. The van der Waals surface area contributed by atoms with E-state index in [1.165, 1.54) is 22.2 Å².